The fourth-order valence-electron chi connectivity index (χ4n) is 8.94. The SMILES string of the molecule is CC(C)(C)[Si](OC[C@@H]1CN(C(c2ccccc2)(c2ccccc2)c2ccccc2)C[C@H](n2cc(-c3ccc(F)cc3)c(N)nc2=O)O1)(c1ccccc1)c1ccccc1. The van der Waals surface area contributed by atoms with Gasteiger partial charge in [-0.2, -0.15) is 4.98 Å². The van der Waals surface area contributed by atoms with E-state index in [0.717, 1.165) is 27.1 Å². The van der Waals surface area contributed by atoms with Crippen molar-refractivity contribution in [3.05, 3.63) is 215 Å². The number of hydrogen-bond acceptors (Lipinski definition) is 6. The van der Waals surface area contributed by atoms with Crippen molar-refractivity contribution in [2.45, 2.75) is 43.7 Å². The number of anilines is 1. The largest absolute Gasteiger partial charge is 0.405 e. The van der Waals surface area contributed by atoms with E-state index in [1.54, 1.807) is 18.3 Å². The molecule has 0 amide bonds. The molecule has 0 bridgehead atoms. The summed E-state index contributed by atoms with van der Waals surface area (Å²) in [5.74, 6) is -0.313. The van der Waals surface area contributed by atoms with E-state index in [2.05, 4.69) is 152 Å². The predicted molar refractivity (Wildman–Crippen MR) is 237 cm³/mol. The van der Waals surface area contributed by atoms with E-state index in [-0.39, 0.29) is 23.3 Å². The lowest BCUT2D eigenvalue weighted by Gasteiger charge is -2.51. The van der Waals surface area contributed by atoms with Crippen LogP contribution in [0.5, 0.6) is 0 Å². The normalized spacial score (nSPS) is 16.5. The van der Waals surface area contributed by atoms with Gasteiger partial charge in [0.25, 0.3) is 8.32 Å². The van der Waals surface area contributed by atoms with Crippen LogP contribution in [-0.2, 0) is 14.7 Å². The van der Waals surface area contributed by atoms with E-state index in [9.17, 15) is 9.18 Å². The second-order valence-corrected chi connectivity index (χ2v) is 20.4. The Morgan fingerprint density at radius 3 is 1.61 bits per heavy atom. The molecule has 9 heteroatoms. The van der Waals surface area contributed by atoms with Crippen molar-refractivity contribution >= 4 is 24.5 Å². The molecule has 7 aromatic rings. The van der Waals surface area contributed by atoms with Crippen LogP contribution in [0, 0.1) is 5.82 Å². The van der Waals surface area contributed by atoms with Crippen LogP contribution < -0.4 is 21.8 Å². The third-order valence-electron chi connectivity index (χ3n) is 11.5. The van der Waals surface area contributed by atoms with Gasteiger partial charge < -0.3 is 14.9 Å². The highest BCUT2D eigenvalue weighted by atomic mass is 28.4. The zero-order valence-electron chi connectivity index (χ0n) is 33.6. The summed E-state index contributed by atoms with van der Waals surface area (Å²) in [4.78, 5) is 20.8. The average Bonchev–Trinajstić information content (AvgIpc) is 3.26. The molecule has 2 heterocycles. The molecule has 0 spiro atoms. The predicted octanol–water partition coefficient (Wildman–Crippen LogP) is 8.40. The zero-order chi connectivity index (χ0) is 41.0. The molecule has 2 atom stereocenters. The fraction of sp³-hybridized carbons (Fsp3) is 0.200. The number of nitrogens with two attached hydrogens (primary N) is 1. The molecule has 6 aromatic carbocycles. The van der Waals surface area contributed by atoms with E-state index in [4.69, 9.17) is 14.9 Å². The summed E-state index contributed by atoms with van der Waals surface area (Å²) in [5.41, 5.74) is 9.39. The van der Waals surface area contributed by atoms with Crippen molar-refractivity contribution in [3.63, 3.8) is 0 Å². The molecule has 7 nitrogen and oxygen atoms in total. The molecular weight excluding hydrogens is 752 g/mol. The molecule has 59 heavy (non-hydrogen) atoms. The Morgan fingerprint density at radius 2 is 1.15 bits per heavy atom. The van der Waals surface area contributed by atoms with Crippen LogP contribution in [0.15, 0.2) is 187 Å². The van der Waals surface area contributed by atoms with Gasteiger partial charge in [0.1, 0.15) is 11.6 Å². The van der Waals surface area contributed by atoms with Crippen LogP contribution >= 0.6 is 0 Å². The van der Waals surface area contributed by atoms with E-state index >= 15 is 0 Å². The molecule has 1 aliphatic rings. The second kappa shape index (κ2) is 16.7. The Bertz CT molecular complexity index is 2380. The van der Waals surface area contributed by atoms with Crippen LogP contribution in [0.1, 0.15) is 43.7 Å². The standard InChI is InChI=1S/C50H49FN4O3Si/c1-49(2,3)59(43-25-15-7-16-26-43,44-27-17-8-18-28-44)57-36-42-33-54(35-46(58-42)55-34-45(47(52)53-48(55)56)37-29-31-41(51)32-30-37)50(38-19-9-4-10-20-38,39-21-11-5-12-22-39)40-23-13-6-14-24-40/h4-32,34,42,46H,33,35-36H2,1-3H3,(H2,52,53,56)/t42-,46+/m0/s1. The maximum absolute atomic E-state index is 14.1. The van der Waals surface area contributed by atoms with Gasteiger partial charge in [-0.05, 0) is 49.8 Å². The summed E-state index contributed by atoms with van der Waals surface area (Å²) in [5, 5.41) is 2.06. The molecule has 2 N–H and O–H groups in total. The number of nitrogen functional groups attached to an aromatic ring is 1. The zero-order valence-corrected chi connectivity index (χ0v) is 34.6. The van der Waals surface area contributed by atoms with Gasteiger partial charge in [-0.3, -0.25) is 9.47 Å². The van der Waals surface area contributed by atoms with Gasteiger partial charge in [-0.1, -0.05) is 185 Å². The topological polar surface area (TPSA) is 82.6 Å². The average molecular weight is 801 g/mol. The molecule has 0 unspecified atom stereocenters. The van der Waals surface area contributed by atoms with Crippen molar-refractivity contribution in [3.8, 4) is 11.1 Å². The first-order valence-electron chi connectivity index (χ1n) is 20.1. The number of aromatic nitrogens is 2. The molecule has 298 valence electrons. The highest BCUT2D eigenvalue weighted by Crippen LogP contribution is 2.45. The number of halogens is 1. The number of benzene rings is 6. The number of nitrogens with zero attached hydrogens (tertiary/aromatic N) is 3. The van der Waals surface area contributed by atoms with Gasteiger partial charge in [0.2, 0.25) is 0 Å². The highest BCUT2D eigenvalue weighted by molar-refractivity contribution is 6.99. The van der Waals surface area contributed by atoms with Gasteiger partial charge in [0.15, 0.2) is 6.23 Å². The Hall–Kier alpha value is -5.97. The van der Waals surface area contributed by atoms with E-state index in [0.29, 0.717) is 24.2 Å². The first kappa shape index (κ1) is 39.8. The van der Waals surface area contributed by atoms with E-state index < -0.39 is 31.9 Å². The van der Waals surface area contributed by atoms with Gasteiger partial charge in [-0.15, -0.1) is 0 Å². The number of morpholine rings is 1. The highest BCUT2D eigenvalue weighted by Gasteiger charge is 2.52. The van der Waals surface area contributed by atoms with Gasteiger partial charge in [-0.25, -0.2) is 9.18 Å². The van der Waals surface area contributed by atoms with Crippen molar-refractivity contribution in [2.24, 2.45) is 0 Å². The first-order valence-corrected chi connectivity index (χ1v) is 22.0. The Labute approximate surface area is 346 Å². The van der Waals surface area contributed by atoms with Crippen LogP contribution in [0.4, 0.5) is 10.2 Å². The van der Waals surface area contributed by atoms with Crippen LogP contribution in [0.3, 0.4) is 0 Å². The Balaban J connectivity index is 1.31. The van der Waals surface area contributed by atoms with Crippen LogP contribution in [-0.4, -0.2) is 48.6 Å². The van der Waals surface area contributed by atoms with Gasteiger partial charge >= 0.3 is 5.69 Å². The smallest absolute Gasteiger partial charge is 0.351 e. The lowest BCUT2D eigenvalue weighted by Crippen LogP contribution is -2.67. The fourth-order valence-corrected chi connectivity index (χ4v) is 13.5. The number of rotatable bonds is 11. The third kappa shape index (κ3) is 7.58. The summed E-state index contributed by atoms with van der Waals surface area (Å²) in [6, 6.07) is 58.7. The summed E-state index contributed by atoms with van der Waals surface area (Å²) >= 11 is 0. The second-order valence-electron chi connectivity index (χ2n) is 16.1. The lowest BCUT2D eigenvalue weighted by molar-refractivity contribution is -0.149. The van der Waals surface area contributed by atoms with E-state index in [1.807, 2.05) is 30.3 Å². The Morgan fingerprint density at radius 1 is 0.695 bits per heavy atom. The third-order valence-corrected chi connectivity index (χ3v) is 16.6. The molecule has 1 fully saturated rings. The van der Waals surface area contributed by atoms with Crippen LogP contribution in [0.2, 0.25) is 5.04 Å². The van der Waals surface area contributed by atoms with Gasteiger partial charge in [0, 0.05) is 24.8 Å². The summed E-state index contributed by atoms with van der Waals surface area (Å²) < 4.78 is 30.2. The van der Waals surface area contributed by atoms with Crippen LogP contribution in [0.25, 0.3) is 11.1 Å². The first-order chi connectivity index (χ1) is 28.6. The molecular formula is C50H49FN4O3Si. The maximum atomic E-state index is 14.1. The summed E-state index contributed by atoms with van der Waals surface area (Å²) in [6.07, 6.45) is 0.373. The number of hydrogen-bond donors (Lipinski definition) is 1. The number of ether oxygens (including phenoxy) is 1. The molecule has 1 aliphatic heterocycles. The maximum Gasteiger partial charge on any atom is 0.351 e. The minimum atomic E-state index is -3.00. The monoisotopic (exact) mass is 800 g/mol. The van der Waals surface area contributed by atoms with Crippen molar-refractivity contribution < 1.29 is 13.6 Å². The Kier molecular flexibility index (Phi) is 11.3. The summed E-state index contributed by atoms with van der Waals surface area (Å²) in [7, 11) is -3.00. The van der Waals surface area contributed by atoms with Crippen molar-refractivity contribution in [1.82, 2.24) is 14.5 Å². The lowest BCUT2D eigenvalue weighted by atomic mass is 9.75. The van der Waals surface area contributed by atoms with Crippen molar-refractivity contribution in [1.29, 1.82) is 0 Å². The molecule has 0 saturated carbocycles. The molecule has 0 aliphatic carbocycles. The minimum Gasteiger partial charge on any atom is -0.405 e. The molecule has 1 aromatic heterocycles. The van der Waals surface area contributed by atoms with E-state index in [1.165, 1.54) is 16.7 Å². The van der Waals surface area contributed by atoms with Gasteiger partial charge in [0.05, 0.1) is 18.2 Å². The quantitative estimate of drug-likeness (QED) is 0.105. The molecule has 8 rings (SSSR count). The molecule has 1 saturated heterocycles. The minimum absolute atomic E-state index is 0.0595. The summed E-state index contributed by atoms with van der Waals surface area (Å²) in [6.45, 7) is 7.81. The van der Waals surface area contributed by atoms with Crippen molar-refractivity contribution in [2.75, 3.05) is 25.4 Å². The molecule has 0 radical (unpaired) electrons.